The highest BCUT2D eigenvalue weighted by molar-refractivity contribution is 5.82. The van der Waals surface area contributed by atoms with E-state index in [1.54, 1.807) is 18.5 Å². The van der Waals surface area contributed by atoms with Crippen LogP contribution in [0.5, 0.6) is 0 Å². The van der Waals surface area contributed by atoms with E-state index in [0.717, 1.165) is 27.8 Å². The van der Waals surface area contributed by atoms with Crippen molar-refractivity contribution in [2.24, 2.45) is 0 Å². The summed E-state index contributed by atoms with van der Waals surface area (Å²) in [6.07, 6.45) is 8.91. The van der Waals surface area contributed by atoms with Crippen LogP contribution in [-0.2, 0) is 0 Å². The largest absolute Gasteiger partial charge is 0.340 e. The van der Waals surface area contributed by atoms with Crippen LogP contribution in [0.15, 0.2) is 60.9 Å². The lowest BCUT2D eigenvalue weighted by molar-refractivity contribution is 1.12. The van der Waals surface area contributed by atoms with Gasteiger partial charge in [-0.1, -0.05) is 12.0 Å². The molecule has 0 unspecified atom stereocenters. The maximum absolute atomic E-state index is 5.43. The van der Waals surface area contributed by atoms with Gasteiger partial charge in [0.2, 0.25) is 5.95 Å². The molecule has 25 heavy (non-hydrogen) atoms. The molecule has 0 aliphatic rings. The van der Waals surface area contributed by atoms with Gasteiger partial charge in [-0.15, -0.1) is 6.42 Å². The zero-order chi connectivity index (χ0) is 17.1. The zero-order valence-corrected chi connectivity index (χ0v) is 13.2. The molecule has 0 aliphatic heterocycles. The summed E-state index contributed by atoms with van der Waals surface area (Å²) in [5.74, 6) is 3.78. The lowest BCUT2D eigenvalue weighted by atomic mass is 10.2. The Morgan fingerprint density at radius 3 is 2.84 bits per heavy atom. The van der Waals surface area contributed by atoms with Crippen LogP contribution in [0.25, 0.3) is 10.9 Å². The highest BCUT2D eigenvalue weighted by Gasteiger charge is 2.03. The number of terminal acetylenes is 1. The number of rotatable bonds is 4. The van der Waals surface area contributed by atoms with E-state index in [1.165, 1.54) is 0 Å². The van der Waals surface area contributed by atoms with Crippen molar-refractivity contribution in [3.05, 3.63) is 66.5 Å². The van der Waals surface area contributed by atoms with Gasteiger partial charge < -0.3 is 10.6 Å². The van der Waals surface area contributed by atoms with Crippen molar-refractivity contribution in [3.8, 4) is 12.3 Å². The molecule has 0 atom stereocenters. The first-order valence-corrected chi connectivity index (χ1v) is 7.67. The Kier molecular flexibility index (Phi) is 3.73. The molecule has 0 bridgehead atoms. The SMILES string of the molecule is C#Cc1cccc(Nc2nccc(Nc3ccc4cn[nH]c4c3)n2)c1. The third-order valence-corrected chi connectivity index (χ3v) is 3.66. The number of fused-ring (bicyclic) bond motifs is 1. The Morgan fingerprint density at radius 1 is 1.00 bits per heavy atom. The molecular weight excluding hydrogens is 312 g/mol. The van der Waals surface area contributed by atoms with E-state index in [9.17, 15) is 0 Å². The van der Waals surface area contributed by atoms with E-state index in [2.05, 4.69) is 36.7 Å². The van der Waals surface area contributed by atoms with E-state index in [-0.39, 0.29) is 0 Å². The fourth-order valence-corrected chi connectivity index (χ4v) is 2.47. The third-order valence-electron chi connectivity index (χ3n) is 3.66. The maximum atomic E-state index is 5.43. The summed E-state index contributed by atoms with van der Waals surface area (Å²) in [5.41, 5.74) is 3.51. The lowest BCUT2D eigenvalue weighted by Crippen LogP contribution is -2.00. The van der Waals surface area contributed by atoms with E-state index < -0.39 is 0 Å². The number of hydrogen-bond acceptors (Lipinski definition) is 5. The number of nitrogens with one attached hydrogen (secondary N) is 3. The van der Waals surface area contributed by atoms with Gasteiger partial charge in [0.1, 0.15) is 5.82 Å². The van der Waals surface area contributed by atoms with Gasteiger partial charge in [-0.2, -0.15) is 10.1 Å². The normalized spacial score (nSPS) is 10.4. The standard InChI is InChI=1S/C19H14N6/c1-2-13-4-3-5-15(10-13)23-19-20-9-8-18(24-19)22-16-7-6-14-12-21-25-17(14)11-16/h1,3-12H,(H,21,25)(H2,20,22,23,24). The quantitative estimate of drug-likeness (QED) is 0.497. The van der Waals surface area contributed by atoms with Gasteiger partial charge in [0.25, 0.3) is 0 Å². The summed E-state index contributed by atoms with van der Waals surface area (Å²) in [4.78, 5) is 8.72. The molecule has 4 aromatic rings. The van der Waals surface area contributed by atoms with Crippen molar-refractivity contribution in [2.45, 2.75) is 0 Å². The van der Waals surface area contributed by atoms with Gasteiger partial charge in [0, 0.05) is 28.5 Å². The van der Waals surface area contributed by atoms with Gasteiger partial charge in [-0.05, 0) is 42.5 Å². The van der Waals surface area contributed by atoms with Crippen molar-refractivity contribution >= 4 is 34.0 Å². The Hall–Kier alpha value is -3.85. The molecule has 120 valence electrons. The first-order chi connectivity index (χ1) is 12.3. The summed E-state index contributed by atoms with van der Waals surface area (Å²) in [6, 6.07) is 15.3. The second-order valence-corrected chi connectivity index (χ2v) is 5.41. The number of aromatic amines is 1. The van der Waals surface area contributed by atoms with E-state index in [1.807, 2.05) is 42.5 Å². The monoisotopic (exact) mass is 326 g/mol. The van der Waals surface area contributed by atoms with Crippen molar-refractivity contribution in [3.63, 3.8) is 0 Å². The van der Waals surface area contributed by atoms with Crippen LogP contribution >= 0.6 is 0 Å². The van der Waals surface area contributed by atoms with Gasteiger partial charge in [-0.25, -0.2) is 4.98 Å². The van der Waals surface area contributed by atoms with E-state index in [4.69, 9.17) is 6.42 Å². The fourth-order valence-electron chi connectivity index (χ4n) is 2.47. The van der Waals surface area contributed by atoms with E-state index in [0.29, 0.717) is 11.8 Å². The smallest absolute Gasteiger partial charge is 0.229 e. The van der Waals surface area contributed by atoms with Gasteiger partial charge in [0.15, 0.2) is 0 Å². The van der Waals surface area contributed by atoms with Crippen LogP contribution in [0.3, 0.4) is 0 Å². The molecule has 0 saturated carbocycles. The molecule has 2 aromatic carbocycles. The Balaban J connectivity index is 1.55. The van der Waals surface area contributed by atoms with Crippen LogP contribution in [-0.4, -0.2) is 20.2 Å². The van der Waals surface area contributed by atoms with Crippen molar-refractivity contribution in [2.75, 3.05) is 10.6 Å². The van der Waals surface area contributed by atoms with Gasteiger partial charge in [-0.3, -0.25) is 5.10 Å². The average molecular weight is 326 g/mol. The number of nitrogens with zero attached hydrogens (tertiary/aromatic N) is 3. The van der Waals surface area contributed by atoms with Crippen molar-refractivity contribution in [1.82, 2.24) is 20.2 Å². The summed E-state index contributed by atoms with van der Waals surface area (Å²) in [7, 11) is 0. The first kappa shape index (κ1) is 14.7. The van der Waals surface area contributed by atoms with Crippen molar-refractivity contribution < 1.29 is 0 Å². The van der Waals surface area contributed by atoms with Gasteiger partial charge >= 0.3 is 0 Å². The number of hydrogen-bond donors (Lipinski definition) is 3. The number of anilines is 4. The highest BCUT2D eigenvalue weighted by atomic mass is 15.1. The second-order valence-electron chi connectivity index (χ2n) is 5.41. The van der Waals surface area contributed by atoms with Crippen LogP contribution in [0.4, 0.5) is 23.1 Å². The third kappa shape index (κ3) is 3.26. The number of H-pyrrole nitrogens is 1. The average Bonchev–Trinajstić information content (AvgIpc) is 3.10. The van der Waals surface area contributed by atoms with Crippen LogP contribution < -0.4 is 10.6 Å². The summed E-state index contributed by atoms with van der Waals surface area (Å²) in [5, 5.41) is 14.5. The topological polar surface area (TPSA) is 78.5 Å². The van der Waals surface area contributed by atoms with Crippen molar-refractivity contribution in [1.29, 1.82) is 0 Å². The highest BCUT2D eigenvalue weighted by Crippen LogP contribution is 2.21. The molecule has 2 aromatic heterocycles. The molecule has 6 heteroatoms. The molecule has 3 N–H and O–H groups in total. The fraction of sp³-hybridized carbons (Fsp3) is 0. The Morgan fingerprint density at radius 2 is 1.92 bits per heavy atom. The molecule has 0 spiro atoms. The molecule has 6 nitrogen and oxygen atoms in total. The summed E-state index contributed by atoms with van der Waals surface area (Å²) >= 11 is 0. The summed E-state index contributed by atoms with van der Waals surface area (Å²) in [6.45, 7) is 0. The van der Waals surface area contributed by atoms with Crippen LogP contribution in [0.1, 0.15) is 5.56 Å². The van der Waals surface area contributed by atoms with Crippen LogP contribution in [0, 0.1) is 12.3 Å². The second kappa shape index (κ2) is 6.34. The predicted octanol–water partition coefficient (Wildman–Crippen LogP) is 3.82. The minimum Gasteiger partial charge on any atom is -0.340 e. The first-order valence-electron chi connectivity index (χ1n) is 7.67. The number of aromatic nitrogens is 4. The molecule has 0 amide bonds. The Labute approximate surface area is 144 Å². The minimum atomic E-state index is 0.488. The molecule has 2 heterocycles. The Bertz CT molecular complexity index is 1080. The molecule has 0 fully saturated rings. The molecule has 0 saturated heterocycles. The molecule has 0 radical (unpaired) electrons. The molecule has 0 aliphatic carbocycles. The van der Waals surface area contributed by atoms with Crippen LogP contribution in [0.2, 0.25) is 0 Å². The summed E-state index contributed by atoms with van der Waals surface area (Å²) < 4.78 is 0. The molecule has 4 rings (SSSR count). The lowest BCUT2D eigenvalue weighted by Gasteiger charge is -2.09. The maximum Gasteiger partial charge on any atom is 0.229 e. The molecular formula is C19H14N6. The van der Waals surface area contributed by atoms with Gasteiger partial charge in [0.05, 0.1) is 11.7 Å². The number of benzene rings is 2. The minimum absolute atomic E-state index is 0.488. The predicted molar refractivity (Wildman–Crippen MR) is 99.1 cm³/mol. The zero-order valence-electron chi connectivity index (χ0n) is 13.2. The van der Waals surface area contributed by atoms with E-state index >= 15 is 0 Å².